The lowest BCUT2D eigenvalue weighted by Crippen LogP contribution is -1.97. The summed E-state index contributed by atoms with van der Waals surface area (Å²) in [6, 6.07) is 7.66. The molecule has 0 atom stereocenters. The molecule has 0 aliphatic heterocycles. The number of hydrogen-bond acceptors (Lipinski definition) is 3. The predicted molar refractivity (Wildman–Crippen MR) is 64.3 cm³/mol. The molecule has 0 aliphatic rings. The molecule has 0 saturated carbocycles. The van der Waals surface area contributed by atoms with Crippen molar-refractivity contribution in [1.82, 2.24) is 4.98 Å². The minimum absolute atomic E-state index is 0.0788. The van der Waals surface area contributed by atoms with Gasteiger partial charge < -0.3 is 5.11 Å². The number of carbonyl (C=O) groups is 1. The van der Waals surface area contributed by atoms with Gasteiger partial charge in [0, 0.05) is 5.56 Å². The van der Waals surface area contributed by atoms with Gasteiger partial charge >= 0.3 is 5.97 Å². The Kier molecular flexibility index (Phi) is 2.94. The Hall–Kier alpha value is -1.39. The van der Waals surface area contributed by atoms with Crippen molar-refractivity contribution in [2.45, 2.75) is 6.92 Å². The molecular formula is C11H8ClNO2S. The highest BCUT2D eigenvalue weighted by Gasteiger charge is 2.17. The second-order valence-electron chi connectivity index (χ2n) is 3.26. The maximum atomic E-state index is 10.8. The minimum atomic E-state index is -1.10. The van der Waals surface area contributed by atoms with Crippen LogP contribution in [0.2, 0.25) is 4.34 Å². The van der Waals surface area contributed by atoms with Gasteiger partial charge in [-0.1, -0.05) is 35.9 Å². The molecule has 0 amide bonds. The van der Waals surface area contributed by atoms with Gasteiger partial charge in [-0.3, -0.25) is 0 Å². The highest BCUT2D eigenvalue weighted by molar-refractivity contribution is 7.19. The smallest absolute Gasteiger partial charge is 0.356 e. The average molecular weight is 254 g/mol. The molecule has 1 aromatic carbocycles. The number of aromatic carboxylic acids is 1. The zero-order valence-electron chi connectivity index (χ0n) is 8.40. The summed E-state index contributed by atoms with van der Waals surface area (Å²) in [7, 11) is 0. The molecular weight excluding hydrogens is 246 g/mol. The van der Waals surface area contributed by atoms with Crippen LogP contribution >= 0.6 is 22.9 Å². The number of nitrogens with zero attached hydrogens (tertiary/aromatic N) is 1. The van der Waals surface area contributed by atoms with E-state index < -0.39 is 5.97 Å². The number of carboxylic acids is 1. The molecule has 0 saturated heterocycles. The van der Waals surface area contributed by atoms with Crippen LogP contribution in [0.5, 0.6) is 0 Å². The van der Waals surface area contributed by atoms with Crippen LogP contribution in [0.25, 0.3) is 10.6 Å². The zero-order valence-corrected chi connectivity index (χ0v) is 9.97. The number of halogens is 1. The van der Waals surface area contributed by atoms with E-state index in [1.54, 1.807) is 0 Å². The number of aryl methyl sites for hydroxylation is 1. The number of benzene rings is 1. The number of thiazole rings is 1. The summed E-state index contributed by atoms with van der Waals surface area (Å²) in [5, 5.41) is 9.49. The third-order valence-corrected chi connectivity index (χ3v) is 3.45. The molecule has 82 valence electrons. The summed E-state index contributed by atoms with van der Waals surface area (Å²) in [6.07, 6.45) is 0. The molecule has 0 bridgehead atoms. The van der Waals surface area contributed by atoms with Gasteiger partial charge in [0.2, 0.25) is 0 Å². The molecule has 1 aromatic heterocycles. The van der Waals surface area contributed by atoms with Crippen LogP contribution in [0.3, 0.4) is 0 Å². The third-order valence-electron chi connectivity index (χ3n) is 2.16. The standard InChI is InChI=1S/C11H8ClNO2S/c1-6-4-2-3-5-7(6)10-13-8(11(14)15)9(12)16-10/h2-5H,1H3,(H,14,15). The first-order chi connectivity index (χ1) is 7.59. The second-order valence-corrected chi connectivity index (χ2v) is 4.86. The van der Waals surface area contributed by atoms with E-state index in [9.17, 15) is 4.79 Å². The molecule has 1 N–H and O–H groups in total. The monoisotopic (exact) mass is 253 g/mol. The van der Waals surface area contributed by atoms with Crippen LogP contribution in [-0.4, -0.2) is 16.1 Å². The van der Waals surface area contributed by atoms with E-state index in [2.05, 4.69) is 4.98 Å². The zero-order chi connectivity index (χ0) is 11.7. The normalized spacial score (nSPS) is 10.4. The van der Waals surface area contributed by atoms with Crippen LogP contribution in [0, 0.1) is 6.92 Å². The topological polar surface area (TPSA) is 50.2 Å². The third kappa shape index (κ3) is 1.94. The Bertz CT molecular complexity index is 551. The fourth-order valence-electron chi connectivity index (χ4n) is 1.36. The van der Waals surface area contributed by atoms with Gasteiger partial charge in [0.15, 0.2) is 5.69 Å². The maximum absolute atomic E-state index is 10.8. The first-order valence-corrected chi connectivity index (χ1v) is 5.74. The van der Waals surface area contributed by atoms with Crippen molar-refractivity contribution < 1.29 is 9.90 Å². The molecule has 0 spiro atoms. The molecule has 2 aromatic rings. The molecule has 0 fully saturated rings. The number of aromatic nitrogens is 1. The SMILES string of the molecule is Cc1ccccc1-c1nc(C(=O)O)c(Cl)s1. The molecule has 1 heterocycles. The molecule has 2 rings (SSSR count). The quantitative estimate of drug-likeness (QED) is 0.892. The fraction of sp³-hybridized carbons (Fsp3) is 0.0909. The van der Waals surface area contributed by atoms with Gasteiger partial charge in [-0.25, -0.2) is 9.78 Å². The van der Waals surface area contributed by atoms with E-state index in [1.807, 2.05) is 31.2 Å². The Labute approximate surface area is 101 Å². The molecule has 5 heteroatoms. The number of rotatable bonds is 2. The van der Waals surface area contributed by atoms with E-state index >= 15 is 0 Å². The molecule has 0 unspecified atom stereocenters. The van der Waals surface area contributed by atoms with E-state index in [-0.39, 0.29) is 10.0 Å². The van der Waals surface area contributed by atoms with Crippen LogP contribution in [-0.2, 0) is 0 Å². The Morgan fingerprint density at radius 2 is 2.12 bits per heavy atom. The van der Waals surface area contributed by atoms with Crippen molar-refractivity contribution in [3.05, 3.63) is 39.9 Å². The minimum Gasteiger partial charge on any atom is -0.476 e. The molecule has 0 aliphatic carbocycles. The van der Waals surface area contributed by atoms with Gasteiger partial charge in [0.1, 0.15) is 9.34 Å². The summed E-state index contributed by atoms with van der Waals surface area (Å²) in [4.78, 5) is 14.8. The lowest BCUT2D eigenvalue weighted by molar-refractivity contribution is 0.0691. The molecule has 0 radical (unpaired) electrons. The van der Waals surface area contributed by atoms with Crippen molar-refractivity contribution in [2.75, 3.05) is 0 Å². The maximum Gasteiger partial charge on any atom is 0.356 e. The molecule has 16 heavy (non-hydrogen) atoms. The highest BCUT2D eigenvalue weighted by Crippen LogP contribution is 2.33. The van der Waals surface area contributed by atoms with Crippen LogP contribution in [0.1, 0.15) is 16.1 Å². The second kappa shape index (κ2) is 4.23. The van der Waals surface area contributed by atoms with Gasteiger partial charge in [-0.05, 0) is 12.5 Å². The van der Waals surface area contributed by atoms with Crippen LogP contribution in [0.4, 0.5) is 0 Å². The van der Waals surface area contributed by atoms with Crippen molar-refractivity contribution in [2.24, 2.45) is 0 Å². The Balaban J connectivity index is 2.54. The summed E-state index contributed by atoms with van der Waals surface area (Å²) in [5.41, 5.74) is 1.89. The summed E-state index contributed by atoms with van der Waals surface area (Å²) >= 11 is 7.00. The Morgan fingerprint density at radius 1 is 1.44 bits per heavy atom. The highest BCUT2D eigenvalue weighted by atomic mass is 35.5. The van der Waals surface area contributed by atoms with E-state index in [4.69, 9.17) is 16.7 Å². The van der Waals surface area contributed by atoms with Gasteiger partial charge in [-0.2, -0.15) is 0 Å². The Morgan fingerprint density at radius 3 is 2.69 bits per heavy atom. The number of hydrogen-bond donors (Lipinski definition) is 1. The van der Waals surface area contributed by atoms with Crippen LogP contribution in [0.15, 0.2) is 24.3 Å². The first-order valence-electron chi connectivity index (χ1n) is 4.55. The van der Waals surface area contributed by atoms with Gasteiger partial charge in [-0.15, -0.1) is 11.3 Å². The van der Waals surface area contributed by atoms with Crippen molar-refractivity contribution >= 4 is 28.9 Å². The van der Waals surface area contributed by atoms with Crippen molar-refractivity contribution in [1.29, 1.82) is 0 Å². The van der Waals surface area contributed by atoms with Crippen LogP contribution < -0.4 is 0 Å². The first kappa shape index (κ1) is 11.1. The lowest BCUT2D eigenvalue weighted by Gasteiger charge is -1.99. The molecule has 3 nitrogen and oxygen atoms in total. The predicted octanol–water partition coefficient (Wildman–Crippen LogP) is 3.47. The van der Waals surface area contributed by atoms with Gasteiger partial charge in [0.25, 0.3) is 0 Å². The van der Waals surface area contributed by atoms with E-state index in [0.29, 0.717) is 5.01 Å². The number of carboxylic acid groups (broad SMARTS) is 1. The van der Waals surface area contributed by atoms with Crippen molar-refractivity contribution in [3.63, 3.8) is 0 Å². The lowest BCUT2D eigenvalue weighted by atomic mass is 10.1. The largest absolute Gasteiger partial charge is 0.476 e. The van der Waals surface area contributed by atoms with Crippen molar-refractivity contribution in [3.8, 4) is 10.6 Å². The van der Waals surface area contributed by atoms with E-state index in [0.717, 1.165) is 11.1 Å². The fourth-order valence-corrected chi connectivity index (χ4v) is 2.58. The van der Waals surface area contributed by atoms with Gasteiger partial charge in [0.05, 0.1) is 0 Å². The summed E-state index contributed by atoms with van der Waals surface area (Å²) in [5.74, 6) is -1.10. The summed E-state index contributed by atoms with van der Waals surface area (Å²) in [6.45, 7) is 1.95. The summed E-state index contributed by atoms with van der Waals surface area (Å²) < 4.78 is 0.214. The average Bonchev–Trinajstić information content (AvgIpc) is 2.61. The van der Waals surface area contributed by atoms with E-state index in [1.165, 1.54) is 11.3 Å².